The SMILES string of the molecule is CCNc1cnc(CN2CC(O)CC2CN(C)C)cn1. The summed E-state index contributed by atoms with van der Waals surface area (Å²) in [5.74, 6) is 0.808. The van der Waals surface area contributed by atoms with Crippen molar-refractivity contribution in [2.75, 3.05) is 39.0 Å². The number of aliphatic hydroxyl groups is 1. The van der Waals surface area contributed by atoms with Crippen LogP contribution in [0.1, 0.15) is 19.0 Å². The van der Waals surface area contributed by atoms with E-state index in [-0.39, 0.29) is 6.10 Å². The molecule has 2 atom stereocenters. The molecular formula is C14H25N5O. The van der Waals surface area contributed by atoms with E-state index in [1.807, 2.05) is 13.1 Å². The van der Waals surface area contributed by atoms with E-state index >= 15 is 0 Å². The minimum absolute atomic E-state index is 0.228. The van der Waals surface area contributed by atoms with Crippen LogP contribution in [0.25, 0.3) is 0 Å². The smallest absolute Gasteiger partial charge is 0.144 e. The Morgan fingerprint density at radius 2 is 2.20 bits per heavy atom. The van der Waals surface area contributed by atoms with Gasteiger partial charge >= 0.3 is 0 Å². The molecule has 0 bridgehead atoms. The molecule has 1 aliphatic heterocycles. The molecule has 1 saturated heterocycles. The van der Waals surface area contributed by atoms with Crippen molar-refractivity contribution in [3.8, 4) is 0 Å². The summed E-state index contributed by atoms with van der Waals surface area (Å²) in [5, 5.41) is 13.0. The predicted molar refractivity (Wildman–Crippen MR) is 79.6 cm³/mol. The molecule has 0 saturated carbocycles. The van der Waals surface area contributed by atoms with Gasteiger partial charge in [0.15, 0.2) is 0 Å². The van der Waals surface area contributed by atoms with Crippen molar-refractivity contribution >= 4 is 5.82 Å². The van der Waals surface area contributed by atoms with Crippen LogP contribution in [0.5, 0.6) is 0 Å². The van der Waals surface area contributed by atoms with Crippen molar-refractivity contribution in [2.45, 2.75) is 32.0 Å². The molecule has 6 nitrogen and oxygen atoms in total. The van der Waals surface area contributed by atoms with E-state index in [0.717, 1.165) is 44.1 Å². The molecule has 2 heterocycles. The number of nitrogens with one attached hydrogen (secondary N) is 1. The molecule has 112 valence electrons. The van der Waals surface area contributed by atoms with Gasteiger partial charge in [-0.25, -0.2) is 4.98 Å². The highest BCUT2D eigenvalue weighted by Crippen LogP contribution is 2.20. The minimum Gasteiger partial charge on any atom is -0.392 e. The van der Waals surface area contributed by atoms with Crippen molar-refractivity contribution in [3.05, 3.63) is 18.1 Å². The van der Waals surface area contributed by atoms with Gasteiger partial charge in [-0.05, 0) is 27.4 Å². The molecule has 0 radical (unpaired) electrons. The van der Waals surface area contributed by atoms with E-state index in [4.69, 9.17) is 0 Å². The Hall–Kier alpha value is -1.24. The van der Waals surface area contributed by atoms with Gasteiger partial charge in [-0.2, -0.15) is 0 Å². The van der Waals surface area contributed by atoms with Crippen LogP contribution < -0.4 is 5.32 Å². The first-order valence-electron chi connectivity index (χ1n) is 7.20. The Kier molecular flexibility index (Phi) is 5.28. The summed E-state index contributed by atoms with van der Waals surface area (Å²) in [4.78, 5) is 13.2. The van der Waals surface area contributed by atoms with Gasteiger partial charge in [0, 0.05) is 32.2 Å². The average Bonchev–Trinajstić information content (AvgIpc) is 2.71. The quantitative estimate of drug-likeness (QED) is 0.786. The standard InChI is InChI=1S/C14H25N5O/c1-4-15-14-7-16-11(6-17-14)8-19-10-13(20)5-12(19)9-18(2)3/h6-7,12-13,20H,4-5,8-10H2,1-3H3,(H,15,17). The van der Waals surface area contributed by atoms with E-state index in [1.54, 1.807) is 6.20 Å². The number of rotatable bonds is 6. The third kappa shape index (κ3) is 4.13. The van der Waals surface area contributed by atoms with Crippen LogP contribution in [-0.2, 0) is 6.54 Å². The number of likely N-dealkylation sites (N-methyl/N-ethyl adjacent to an activating group) is 1. The second-order valence-electron chi connectivity index (χ2n) is 5.66. The first-order valence-corrected chi connectivity index (χ1v) is 7.20. The molecular weight excluding hydrogens is 254 g/mol. The highest BCUT2D eigenvalue weighted by Gasteiger charge is 2.31. The van der Waals surface area contributed by atoms with Crippen molar-refractivity contribution < 1.29 is 5.11 Å². The number of aromatic nitrogens is 2. The van der Waals surface area contributed by atoms with E-state index in [2.05, 4.69) is 39.2 Å². The summed E-state index contributed by atoms with van der Waals surface area (Å²) < 4.78 is 0. The summed E-state index contributed by atoms with van der Waals surface area (Å²) >= 11 is 0. The van der Waals surface area contributed by atoms with Crippen LogP contribution in [0, 0.1) is 0 Å². The van der Waals surface area contributed by atoms with E-state index in [1.165, 1.54) is 0 Å². The summed E-state index contributed by atoms with van der Waals surface area (Å²) in [6.07, 6.45) is 4.19. The van der Waals surface area contributed by atoms with Gasteiger partial charge in [0.2, 0.25) is 0 Å². The van der Waals surface area contributed by atoms with Gasteiger partial charge in [0.25, 0.3) is 0 Å². The molecule has 0 amide bonds. The van der Waals surface area contributed by atoms with Crippen LogP contribution in [0.3, 0.4) is 0 Å². The van der Waals surface area contributed by atoms with Crippen molar-refractivity contribution in [2.24, 2.45) is 0 Å². The third-order valence-electron chi connectivity index (χ3n) is 3.51. The molecule has 1 aromatic heterocycles. The number of anilines is 1. The molecule has 20 heavy (non-hydrogen) atoms. The lowest BCUT2D eigenvalue weighted by atomic mass is 10.2. The highest BCUT2D eigenvalue weighted by atomic mass is 16.3. The Bertz CT molecular complexity index is 409. The second-order valence-corrected chi connectivity index (χ2v) is 5.66. The number of likely N-dealkylation sites (tertiary alicyclic amines) is 1. The monoisotopic (exact) mass is 279 g/mol. The maximum atomic E-state index is 9.87. The van der Waals surface area contributed by atoms with Gasteiger partial charge in [-0.15, -0.1) is 0 Å². The van der Waals surface area contributed by atoms with Crippen molar-refractivity contribution in [3.63, 3.8) is 0 Å². The second kappa shape index (κ2) is 6.97. The summed E-state index contributed by atoms with van der Waals surface area (Å²) in [6, 6.07) is 0.384. The van der Waals surface area contributed by atoms with Gasteiger partial charge < -0.3 is 15.3 Å². The molecule has 6 heteroatoms. The fourth-order valence-electron chi connectivity index (χ4n) is 2.68. The maximum absolute atomic E-state index is 9.87. The Balaban J connectivity index is 1.96. The molecule has 0 aliphatic carbocycles. The molecule has 1 fully saturated rings. The number of hydrogen-bond donors (Lipinski definition) is 2. The Morgan fingerprint density at radius 1 is 1.40 bits per heavy atom. The van der Waals surface area contributed by atoms with Gasteiger partial charge in [-0.1, -0.05) is 0 Å². The first kappa shape index (κ1) is 15.2. The van der Waals surface area contributed by atoms with Crippen LogP contribution >= 0.6 is 0 Å². The third-order valence-corrected chi connectivity index (χ3v) is 3.51. The largest absolute Gasteiger partial charge is 0.392 e. The normalized spacial score (nSPS) is 23.4. The van der Waals surface area contributed by atoms with Crippen LogP contribution in [0.15, 0.2) is 12.4 Å². The Morgan fingerprint density at radius 3 is 2.80 bits per heavy atom. The van der Waals surface area contributed by atoms with E-state index in [0.29, 0.717) is 6.04 Å². The molecule has 0 spiro atoms. The number of hydrogen-bond acceptors (Lipinski definition) is 6. The summed E-state index contributed by atoms with van der Waals surface area (Å²) in [6.45, 7) is 5.30. The maximum Gasteiger partial charge on any atom is 0.144 e. The molecule has 2 unspecified atom stereocenters. The highest BCUT2D eigenvalue weighted by molar-refractivity contribution is 5.30. The molecule has 1 aromatic rings. The lowest BCUT2D eigenvalue weighted by Gasteiger charge is -2.26. The van der Waals surface area contributed by atoms with Gasteiger partial charge in [-0.3, -0.25) is 9.88 Å². The lowest BCUT2D eigenvalue weighted by molar-refractivity contribution is 0.168. The topological polar surface area (TPSA) is 64.5 Å². The molecule has 0 aromatic carbocycles. The van der Waals surface area contributed by atoms with Crippen molar-refractivity contribution in [1.29, 1.82) is 0 Å². The molecule has 2 rings (SSSR count). The zero-order valence-corrected chi connectivity index (χ0v) is 12.6. The first-order chi connectivity index (χ1) is 9.58. The number of nitrogens with zero attached hydrogens (tertiary/aromatic N) is 4. The van der Waals surface area contributed by atoms with Crippen LogP contribution in [0.4, 0.5) is 5.82 Å². The lowest BCUT2D eigenvalue weighted by Crippen LogP contribution is -2.37. The molecule has 1 aliphatic rings. The van der Waals surface area contributed by atoms with E-state index in [9.17, 15) is 5.11 Å². The molecule has 2 N–H and O–H groups in total. The van der Waals surface area contributed by atoms with Crippen LogP contribution in [0.2, 0.25) is 0 Å². The van der Waals surface area contributed by atoms with E-state index < -0.39 is 0 Å². The van der Waals surface area contributed by atoms with Gasteiger partial charge in [0.05, 0.1) is 24.2 Å². The zero-order valence-electron chi connectivity index (χ0n) is 12.6. The minimum atomic E-state index is -0.228. The van der Waals surface area contributed by atoms with Crippen LogP contribution in [-0.4, -0.2) is 70.7 Å². The Labute approximate surface area is 120 Å². The zero-order chi connectivity index (χ0) is 14.5. The summed E-state index contributed by atoms with van der Waals surface area (Å²) in [7, 11) is 4.13. The van der Waals surface area contributed by atoms with Gasteiger partial charge in [0.1, 0.15) is 5.82 Å². The fraction of sp³-hybridized carbons (Fsp3) is 0.714. The number of β-amino-alcohol motifs (C(OH)–C–C–N with tert-alkyl or cyclic N) is 1. The number of aliphatic hydroxyl groups excluding tert-OH is 1. The fourth-order valence-corrected chi connectivity index (χ4v) is 2.68. The summed E-state index contributed by atoms with van der Waals surface area (Å²) in [5.41, 5.74) is 0.949. The predicted octanol–water partition coefficient (Wildman–Crippen LogP) is 0.405. The van der Waals surface area contributed by atoms with Crippen molar-refractivity contribution in [1.82, 2.24) is 19.8 Å². The average molecular weight is 279 g/mol.